The summed E-state index contributed by atoms with van der Waals surface area (Å²) in [6, 6.07) is 11.3. The van der Waals surface area contributed by atoms with Crippen molar-refractivity contribution >= 4 is 34.8 Å². The molecule has 3 heterocycles. The number of hydrogen-bond acceptors (Lipinski definition) is 4. The molecule has 4 rings (SSSR count). The number of likely N-dealkylation sites (tertiary alicyclic amines) is 1. The van der Waals surface area contributed by atoms with Crippen LogP contribution in [0.1, 0.15) is 28.1 Å². The highest BCUT2D eigenvalue weighted by molar-refractivity contribution is 7.12. The molecular formula is C21H24ClN3O2S. The van der Waals surface area contributed by atoms with Crippen LogP contribution in [0, 0.1) is 0 Å². The van der Waals surface area contributed by atoms with Gasteiger partial charge < -0.3 is 9.80 Å². The number of amides is 2. The van der Waals surface area contributed by atoms with Gasteiger partial charge >= 0.3 is 0 Å². The van der Waals surface area contributed by atoms with E-state index in [-0.39, 0.29) is 17.9 Å². The molecule has 2 aliphatic rings. The van der Waals surface area contributed by atoms with Gasteiger partial charge in [0, 0.05) is 44.3 Å². The molecule has 0 unspecified atom stereocenters. The Bertz CT molecular complexity index is 817. The van der Waals surface area contributed by atoms with Crippen molar-refractivity contribution in [2.24, 2.45) is 0 Å². The fraction of sp³-hybridized carbons (Fsp3) is 0.429. The SMILES string of the molecule is O=C([C@H]1CCCN1C(=O)c1cccs1)N1CCN(Cc2ccc(Cl)cc2)CC1. The van der Waals surface area contributed by atoms with Gasteiger partial charge in [-0.1, -0.05) is 29.8 Å². The maximum atomic E-state index is 13.1. The molecule has 1 aromatic carbocycles. The fourth-order valence-corrected chi connectivity index (χ4v) is 4.80. The van der Waals surface area contributed by atoms with Crippen LogP contribution in [-0.4, -0.2) is 65.3 Å². The van der Waals surface area contributed by atoms with E-state index in [1.54, 1.807) is 4.90 Å². The highest BCUT2D eigenvalue weighted by atomic mass is 35.5. The van der Waals surface area contributed by atoms with E-state index in [1.165, 1.54) is 16.9 Å². The Morgan fingerprint density at radius 1 is 1.04 bits per heavy atom. The lowest BCUT2D eigenvalue weighted by Gasteiger charge is -2.37. The first-order valence-electron chi connectivity index (χ1n) is 9.72. The molecule has 2 saturated heterocycles. The van der Waals surface area contributed by atoms with Gasteiger partial charge in [-0.05, 0) is 42.0 Å². The minimum Gasteiger partial charge on any atom is -0.338 e. The summed E-state index contributed by atoms with van der Waals surface area (Å²) in [5.41, 5.74) is 1.23. The van der Waals surface area contributed by atoms with E-state index in [1.807, 2.05) is 46.7 Å². The molecule has 0 bridgehead atoms. The molecule has 28 heavy (non-hydrogen) atoms. The maximum Gasteiger partial charge on any atom is 0.264 e. The number of rotatable bonds is 4. The van der Waals surface area contributed by atoms with E-state index < -0.39 is 0 Å². The number of carbonyl (C=O) groups excluding carboxylic acids is 2. The Kier molecular flexibility index (Phi) is 5.99. The Hall–Kier alpha value is -1.89. The van der Waals surface area contributed by atoms with Crippen molar-refractivity contribution in [3.05, 3.63) is 57.2 Å². The van der Waals surface area contributed by atoms with Crippen molar-refractivity contribution in [3.8, 4) is 0 Å². The molecule has 0 N–H and O–H groups in total. The van der Waals surface area contributed by atoms with Gasteiger partial charge in [0.1, 0.15) is 6.04 Å². The number of benzene rings is 1. The van der Waals surface area contributed by atoms with Crippen molar-refractivity contribution < 1.29 is 9.59 Å². The fourth-order valence-electron chi connectivity index (χ4n) is 3.99. The van der Waals surface area contributed by atoms with Crippen molar-refractivity contribution in [2.75, 3.05) is 32.7 Å². The van der Waals surface area contributed by atoms with Gasteiger partial charge in [0.2, 0.25) is 5.91 Å². The molecule has 1 atom stereocenters. The van der Waals surface area contributed by atoms with Gasteiger partial charge in [-0.2, -0.15) is 0 Å². The Labute approximate surface area is 174 Å². The van der Waals surface area contributed by atoms with Crippen molar-refractivity contribution in [3.63, 3.8) is 0 Å². The highest BCUT2D eigenvalue weighted by Gasteiger charge is 2.37. The molecule has 1 aromatic heterocycles. The van der Waals surface area contributed by atoms with Crippen LogP contribution in [0.2, 0.25) is 5.02 Å². The quantitative estimate of drug-likeness (QED) is 0.766. The molecule has 5 nitrogen and oxygen atoms in total. The first-order chi connectivity index (χ1) is 13.6. The molecule has 2 aromatic rings. The van der Waals surface area contributed by atoms with Gasteiger partial charge in [0.15, 0.2) is 0 Å². The normalized spacial score (nSPS) is 20.5. The van der Waals surface area contributed by atoms with E-state index in [2.05, 4.69) is 4.90 Å². The summed E-state index contributed by atoms with van der Waals surface area (Å²) in [6.07, 6.45) is 1.66. The molecule has 7 heteroatoms. The van der Waals surface area contributed by atoms with Gasteiger partial charge in [-0.15, -0.1) is 11.3 Å². The minimum atomic E-state index is -0.308. The lowest BCUT2D eigenvalue weighted by Crippen LogP contribution is -2.54. The summed E-state index contributed by atoms with van der Waals surface area (Å²) >= 11 is 7.39. The van der Waals surface area contributed by atoms with Crippen molar-refractivity contribution in [1.82, 2.24) is 14.7 Å². The zero-order chi connectivity index (χ0) is 19.5. The van der Waals surface area contributed by atoms with Crippen molar-refractivity contribution in [2.45, 2.75) is 25.4 Å². The molecule has 148 valence electrons. The zero-order valence-electron chi connectivity index (χ0n) is 15.7. The average Bonchev–Trinajstić information content (AvgIpc) is 3.41. The number of carbonyl (C=O) groups is 2. The Morgan fingerprint density at radius 3 is 2.46 bits per heavy atom. The van der Waals surface area contributed by atoms with Gasteiger partial charge in [-0.25, -0.2) is 0 Å². The van der Waals surface area contributed by atoms with E-state index in [4.69, 9.17) is 11.6 Å². The maximum absolute atomic E-state index is 13.1. The number of hydrogen-bond donors (Lipinski definition) is 0. The van der Waals surface area contributed by atoms with Crippen LogP contribution >= 0.6 is 22.9 Å². The summed E-state index contributed by atoms with van der Waals surface area (Å²) in [4.78, 5) is 32.6. The molecule has 0 aliphatic carbocycles. The van der Waals surface area contributed by atoms with Crippen LogP contribution < -0.4 is 0 Å². The predicted octanol–water partition coefficient (Wildman–Crippen LogP) is 3.35. The summed E-state index contributed by atoms with van der Waals surface area (Å²) in [6.45, 7) is 4.66. The molecule has 2 aliphatic heterocycles. The lowest BCUT2D eigenvalue weighted by atomic mass is 10.1. The molecule has 0 saturated carbocycles. The van der Waals surface area contributed by atoms with Crippen LogP contribution in [0.5, 0.6) is 0 Å². The molecule has 0 spiro atoms. The highest BCUT2D eigenvalue weighted by Crippen LogP contribution is 2.24. The smallest absolute Gasteiger partial charge is 0.264 e. The van der Waals surface area contributed by atoms with Gasteiger partial charge in [0.05, 0.1) is 4.88 Å². The van der Waals surface area contributed by atoms with Crippen molar-refractivity contribution in [1.29, 1.82) is 0 Å². The van der Waals surface area contributed by atoms with Gasteiger partial charge in [0.25, 0.3) is 5.91 Å². The second kappa shape index (κ2) is 8.64. The lowest BCUT2D eigenvalue weighted by molar-refractivity contribution is -0.137. The van der Waals surface area contributed by atoms with Crippen LogP contribution in [0.3, 0.4) is 0 Å². The van der Waals surface area contributed by atoms with Gasteiger partial charge in [-0.3, -0.25) is 14.5 Å². The minimum absolute atomic E-state index is 0.00720. The van der Waals surface area contributed by atoms with Crippen LogP contribution in [0.25, 0.3) is 0 Å². The van der Waals surface area contributed by atoms with Crippen LogP contribution in [0.4, 0.5) is 0 Å². The van der Waals surface area contributed by atoms with E-state index in [0.717, 1.165) is 37.5 Å². The standard InChI is InChI=1S/C21H24ClN3O2S/c22-17-7-5-16(6-8-17)15-23-10-12-24(13-11-23)20(26)18-3-1-9-25(18)21(27)19-4-2-14-28-19/h2,4-8,14,18H,1,3,9-13,15H2/t18-/m1/s1. The average molecular weight is 418 g/mol. The molecule has 2 amide bonds. The Morgan fingerprint density at radius 2 is 1.79 bits per heavy atom. The first kappa shape index (κ1) is 19.4. The van der Waals surface area contributed by atoms with E-state index in [0.29, 0.717) is 24.5 Å². The Balaban J connectivity index is 1.33. The third-order valence-corrected chi connectivity index (χ3v) is 6.64. The third kappa shape index (κ3) is 4.24. The molecule has 2 fully saturated rings. The second-order valence-corrected chi connectivity index (χ2v) is 8.75. The predicted molar refractivity (Wildman–Crippen MR) is 112 cm³/mol. The largest absolute Gasteiger partial charge is 0.338 e. The first-order valence-corrected chi connectivity index (χ1v) is 11.0. The van der Waals surface area contributed by atoms with E-state index >= 15 is 0 Å². The monoisotopic (exact) mass is 417 g/mol. The molecular weight excluding hydrogens is 394 g/mol. The third-order valence-electron chi connectivity index (χ3n) is 5.53. The van der Waals surface area contributed by atoms with E-state index in [9.17, 15) is 9.59 Å². The number of halogens is 1. The van der Waals surface area contributed by atoms with Crippen LogP contribution in [0.15, 0.2) is 41.8 Å². The zero-order valence-corrected chi connectivity index (χ0v) is 17.3. The number of thiophene rings is 1. The second-order valence-electron chi connectivity index (χ2n) is 7.36. The number of nitrogens with zero attached hydrogens (tertiary/aromatic N) is 3. The summed E-state index contributed by atoms with van der Waals surface area (Å²) in [7, 11) is 0. The topological polar surface area (TPSA) is 43.9 Å². The van der Waals surface area contributed by atoms with Crippen LogP contribution in [-0.2, 0) is 11.3 Å². The molecule has 0 radical (unpaired) electrons. The number of piperazine rings is 1. The summed E-state index contributed by atoms with van der Waals surface area (Å²) < 4.78 is 0. The summed E-state index contributed by atoms with van der Waals surface area (Å²) in [5.74, 6) is 0.0979. The summed E-state index contributed by atoms with van der Waals surface area (Å²) in [5, 5.41) is 2.65.